The molecule has 1 aliphatic rings. The number of hydrogen-bond donors (Lipinski definition) is 1. The average Bonchev–Trinajstić information content (AvgIpc) is 2.77. The van der Waals surface area contributed by atoms with Crippen LogP contribution in [0, 0.1) is 0 Å². The molecule has 0 bridgehead atoms. The number of benzene rings is 2. The van der Waals surface area contributed by atoms with Gasteiger partial charge in [-0.25, -0.2) is 0 Å². The number of ether oxygens (including phenoxy) is 3. The molecule has 29 heavy (non-hydrogen) atoms. The van der Waals surface area contributed by atoms with Crippen LogP contribution in [-0.2, 0) is 11.2 Å². The molecule has 1 saturated heterocycles. The number of piperidine rings is 1. The van der Waals surface area contributed by atoms with Gasteiger partial charge in [-0.05, 0) is 55.5 Å². The third-order valence-corrected chi connectivity index (χ3v) is 5.24. The number of para-hydroxylation sites is 2. The van der Waals surface area contributed by atoms with Gasteiger partial charge in [-0.3, -0.25) is 4.79 Å². The lowest BCUT2D eigenvalue weighted by Gasteiger charge is -2.30. The zero-order valence-electron chi connectivity index (χ0n) is 17.5. The van der Waals surface area contributed by atoms with Gasteiger partial charge >= 0.3 is 0 Å². The molecule has 0 spiro atoms. The summed E-state index contributed by atoms with van der Waals surface area (Å²) in [7, 11) is 4.75. The van der Waals surface area contributed by atoms with Crippen molar-refractivity contribution in [3.05, 3.63) is 42.0 Å². The lowest BCUT2D eigenvalue weighted by Crippen LogP contribution is -2.30. The fourth-order valence-corrected chi connectivity index (χ4v) is 3.74. The second-order valence-corrected chi connectivity index (χ2v) is 7.15. The van der Waals surface area contributed by atoms with E-state index >= 15 is 0 Å². The van der Waals surface area contributed by atoms with E-state index in [1.165, 1.54) is 19.3 Å². The van der Waals surface area contributed by atoms with Crippen LogP contribution >= 0.6 is 0 Å². The lowest BCUT2D eigenvalue weighted by atomic mass is 10.1. The Morgan fingerprint density at radius 3 is 2.24 bits per heavy atom. The molecule has 2 aromatic carbocycles. The topological polar surface area (TPSA) is 60.0 Å². The molecular weight excluding hydrogens is 368 g/mol. The number of nitrogens with zero attached hydrogens (tertiary/aromatic N) is 1. The van der Waals surface area contributed by atoms with Gasteiger partial charge in [0.1, 0.15) is 0 Å². The Kier molecular flexibility index (Phi) is 7.22. The van der Waals surface area contributed by atoms with E-state index in [1.54, 1.807) is 21.3 Å². The smallest absolute Gasteiger partial charge is 0.224 e. The summed E-state index contributed by atoms with van der Waals surface area (Å²) in [6.07, 6.45) is 4.62. The Balaban J connectivity index is 1.66. The van der Waals surface area contributed by atoms with Gasteiger partial charge in [0.05, 0.1) is 32.7 Å². The summed E-state index contributed by atoms with van der Waals surface area (Å²) < 4.78 is 16.1. The number of methoxy groups -OCH3 is 3. The first-order valence-corrected chi connectivity index (χ1v) is 10.1. The summed E-state index contributed by atoms with van der Waals surface area (Å²) in [6, 6.07) is 11.8. The van der Waals surface area contributed by atoms with Crippen molar-refractivity contribution < 1.29 is 19.0 Å². The van der Waals surface area contributed by atoms with Gasteiger partial charge in [-0.15, -0.1) is 0 Å². The molecular formula is C23H30N2O4. The Morgan fingerprint density at radius 2 is 1.62 bits per heavy atom. The predicted octanol–water partition coefficient (Wildman–Crippen LogP) is 4.27. The van der Waals surface area contributed by atoms with Crippen LogP contribution in [0.15, 0.2) is 36.4 Å². The molecule has 1 N–H and O–H groups in total. The Morgan fingerprint density at radius 1 is 0.966 bits per heavy atom. The number of nitrogens with one attached hydrogen (secondary N) is 1. The van der Waals surface area contributed by atoms with Crippen molar-refractivity contribution in [1.29, 1.82) is 0 Å². The van der Waals surface area contributed by atoms with E-state index in [0.29, 0.717) is 30.1 Å². The molecule has 0 radical (unpaired) electrons. The number of aryl methyl sites for hydroxylation is 1. The van der Waals surface area contributed by atoms with Gasteiger partial charge in [0.15, 0.2) is 11.5 Å². The molecule has 0 atom stereocenters. The number of rotatable bonds is 8. The first-order chi connectivity index (χ1) is 14.2. The first kappa shape index (κ1) is 20.8. The number of amides is 1. The van der Waals surface area contributed by atoms with Crippen molar-refractivity contribution >= 4 is 17.3 Å². The van der Waals surface area contributed by atoms with Crippen LogP contribution in [0.2, 0.25) is 0 Å². The molecule has 1 fully saturated rings. The minimum absolute atomic E-state index is 0.0109. The summed E-state index contributed by atoms with van der Waals surface area (Å²) in [6.45, 7) is 2.08. The second kappa shape index (κ2) is 10.0. The summed E-state index contributed by atoms with van der Waals surface area (Å²) in [4.78, 5) is 15.0. The van der Waals surface area contributed by atoms with E-state index in [2.05, 4.69) is 16.3 Å². The Bertz CT molecular complexity index is 806. The van der Waals surface area contributed by atoms with Crippen molar-refractivity contribution in [3.63, 3.8) is 0 Å². The highest BCUT2D eigenvalue weighted by molar-refractivity contribution is 5.94. The van der Waals surface area contributed by atoms with Gasteiger partial charge in [0.2, 0.25) is 11.7 Å². The normalized spacial score (nSPS) is 13.7. The number of carbonyl (C=O) groups excluding carboxylic acids is 1. The maximum atomic E-state index is 12.6. The monoisotopic (exact) mass is 398 g/mol. The molecule has 1 amide bonds. The van der Waals surface area contributed by atoms with E-state index in [1.807, 2.05) is 30.3 Å². The zero-order valence-corrected chi connectivity index (χ0v) is 17.5. The van der Waals surface area contributed by atoms with Crippen molar-refractivity contribution in [2.75, 3.05) is 44.6 Å². The number of carbonyl (C=O) groups is 1. The van der Waals surface area contributed by atoms with Gasteiger partial charge in [0.25, 0.3) is 0 Å². The SMILES string of the molecule is COc1cc(CCC(=O)Nc2ccccc2N2CCCCC2)cc(OC)c1OC. The molecule has 1 aliphatic heterocycles. The average molecular weight is 399 g/mol. The highest BCUT2D eigenvalue weighted by Crippen LogP contribution is 2.38. The molecule has 156 valence electrons. The standard InChI is InChI=1S/C23H30N2O4/c1-27-20-15-17(16-21(28-2)23(20)29-3)11-12-22(26)24-18-9-5-6-10-19(18)25-13-7-4-8-14-25/h5-6,9-10,15-16H,4,7-8,11-14H2,1-3H3,(H,24,26). The van der Waals surface area contributed by atoms with Crippen molar-refractivity contribution in [1.82, 2.24) is 0 Å². The van der Waals surface area contributed by atoms with Gasteiger partial charge in [-0.2, -0.15) is 0 Å². The van der Waals surface area contributed by atoms with Crippen LogP contribution in [0.3, 0.4) is 0 Å². The third kappa shape index (κ3) is 5.13. The van der Waals surface area contributed by atoms with Gasteiger partial charge in [0, 0.05) is 19.5 Å². The quantitative estimate of drug-likeness (QED) is 0.719. The highest BCUT2D eigenvalue weighted by atomic mass is 16.5. The maximum Gasteiger partial charge on any atom is 0.224 e. The molecule has 6 heteroatoms. The Labute approximate surface area is 172 Å². The summed E-state index contributed by atoms with van der Waals surface area (Å²) in [5.74, 6) is 1.73. The van der Waals surface area contributed by atoms with Crippen LogP contribution < -0.4 is 24.4 Å². The van der Waals surface area contributed by atoms with Crippen molar-refractivity contribution in [2.45, 2.75) is 32.1 Å². The van der Waals surface area contributed by atoms with Crippen LogP contribution in [0.25, 0.3) is 0 Å². The maximum absolute atomic E-state index is 12.6. The van der Waals surface area contributed by atoms with Crippen LogP contribution in [0.1, 0.15) is 31.2 Å². The van der Waals surface area contributed by atoms with Crippen LogP contribution in [-0.4, -0.2) is 40.3 Å². The number of anilines is 2. The van der Waals surface area contributed by atoms with Crippen LogP contribution in [0.5, 0.6) is 17.2 Å². The van der Waals surface area contributed by atoms with E-state index in [-0.39, 0.29) is 5.91 Å². The lowest BCUT2D eigenvalue weighted by molar-refractivity contribution is -0.116. The summed E-state index contributed by atoms with van der Waals surface area (Å²) in [5.41, 5.74) is 2.94. The van der Waals surface area contributed by atoms with E-state index in [4.69, 9.17) is 14.2 Å². The van der Waals surface area contributed by atoms with Crippen molar-refractivity contribution in [3.8, 4) is 17.2 Å². The fourth-order valence-electron chi connectivity index (χ4n) is 3.74. The summed E-state index contributed by atoms with van der Waals surface area (Å²) >= 11 is 0. The zero-order chi connectivity index (χ0) is 20.6. The molecule has 1 heterocycles. The molecule has 0 saturated carbocycles. The van der Waals surface area contributed by atoms with Gasteiger partial charge < -0.3 is 24.4 Å². The highest BCUT2D eigenvalue weighted by Gasteiger charge is 2.17. The Hall–Kier alpha value is -2.89. The van der Waals surface area contributed by atoms with Crippen LogP contribution in [0.4, 0.5) is 11.4 Å². The molecule has 0 aliphatic carbocycles. The van der Waals surface area contributed by atoms with Crippen molar-refractivity contribution in [2.24, 2.45) is 0 Å². The van der Waals surface area contributed by atoms with E-state index < -0.39 is 0 Å². The molecule has 2 aromatic rings. The first-order valence-electron chi connectivity index (χ1n) is 10.1. The second-order valence-electron chi connectivity index (χ2n) is 7.15. The molecule has 3 rings (SSSR count). The minimum Gasteiger partial charge on any atom is -0.493 e. The molecule has 6 nitrogen and oxygen atoms in total. The van der Waals surface area contributed by atoms with E-state index in [0.717, 1.165) is 30.0 Å². The molecule has 0 unspecified atom stereocenters. The largest absolute Gasteiger partial charge is 0.493 e. The van der Waals surface area contributed by atoms with E-state index in [9.17, 15) is 4.79 Å². The predicted molar refractivity (Wildman–Crippen MR) is 116 cm³/mol. The molecule has 0 aromatic heterocycles. The third-order valence-electron chi connectivity index (χ3n) is 5.24. The summed E-state index contributed by atoms with van der Waals surface area (Å²) in [5, 5.41) is 3.09. The number of hydrogen-bond acceptors (Lipinski definition) is 5. The minimum atomic E-state index is -0.0109. The van der Waals surface area contributed by atoms with Gasteiger partial charge in [-0.1, -0.05) is 12.1 Å². The fraction of sp³-hybridized carbons (Fsp3) is 0.435.